The molecule has 4 aliphatic carbocycles. The van der Waals surface area contributed by atoms with Crippen LogP contribution in [0.25, 0.3) is 5.57 Å². The van der Waals surface area contributed by atoms with Gasteiger partial charge in [0.25, 0.3) is 0 Å². The molecule has 1 heterocycles. The van der Waals surface area contributed by atoms with Crippen molar-refractivity contribution in [1.82, 2.24) is 4.98 Å². The predicted octanol–water partition coefficient (Wildman–Crippen LogP) is 6.48. The minimum Gasteiger partial charge on any atom is -0.264 e. The maximum Gasteiger partial charge on any atom is 0.110 e. The van der Waals surface area contributed by atoms with Crippen LogP contribution in [0, 0.1) is 40.4 Å². The molecule has 0 N–H and O–H groups in total. The number of pyridine rings is 1. The van der Waals surface area contributed by atoms with Crippen molar-refractivity contribution in [2.45, 2.75) is 71.8 Å². The van der Waals surface area contributed by atoms with E-state index in [9.17, 15) is 4.91 Å². The summed E-state index contributed by atoms with van der Waals surface area (Å²) in [5, 5.41) is 3.35. The molecule has 2 saturated carbocycles. The normalized spacial score (nSPS) is 42.0. The fraction of sp³-hybridized carbons (Fsp3) is 0.640. The smallest absolute Gasteiger partial charge is 0.110 e. The van der Waals surface area contributed by atoms with Crippen molar-refractivity contribution < 1.29 is 0 Å². The fourth-order valence-corrected chi connectivity index (χ4v) is 7.51. The predicted molar refractivity (Wildman–Crippen MR) is 114 cm³/mol. The highest BCUT2D eigenvalue weighted by Gasteiger charge is 2.57. The summed E-state index contributed by atoms with van der Waals surface area (Å²) in [5.41, 5.74) is 6.26. The molecule has 4 aliphatic rings. The zero-order chi connectivity index (χ0) is 19.5. The van der Waals surface area contributed by atoms with Gasteiger partial charge in [-0.15, -0.1) is 0 Å². The number of rotatable bonds is 2. The number of aryl methyl sites for hydroxylation is 1. The van der Waals surface area contributed by atoms with Crippen LogP contribution in [0.5, 0.6) is 0 Å². The molecule has 0 saturated heterocycles. The van der Waals surface area contributed by atoms with E-state index in [1.807, 2.05) is 6.20 Å². The van der Waals surface area contributed by atoms with E-state index in [2.05, 4.69) is 55.3 Å². The fourth-order valence-electron chi connectivity index (χ4n) is 7.51. The highest BCUT2D eigenvalue weighted by Crippen LogP contribution is 2.66. The first-order chi connectivity index (χ1) is 13.5. The number of nitrogens with zero attached hydrogens (tertiary/aromatic N) is 2. The number of allylic oxidation sites excluding steroid dienone is 3. The van der Waals surface area contributed by atoms with Crippen LogP contribution >= 0.6 is 0 Å². The minimum atomic E-state index is -0.0814. The van der Waals surface area contributed by atoms with Gasteiger partial charge in [-0.05, 0) is 103 Å². The van der Waals surface area contributed by atoms with Crippen molar-refractivity contribution in [3.8, 4) is 0 Å². The van der Waals surface area contributed by atoms with Crippen LogP contribution < -0.4 is 0 Å². The first kappa shape index (κ1) is 18.3. The molecule has 3 nitrogen and oxygen atoms in total. The molecule has 1 aromatic heterocycles. The maximum atomic E-state index is 11.1. The molecule has 0 amide bonds. The molecular formula is C25H32N2O. The third kappa shape index (κ3) is 2.51. The van der Waals surface area contributed by atoms with Crippen LogP contribution in [-0.4, -0.2) is 11.0 Å². The second-order valence-electron chi connectivity index (χ2n) is 10.3. The molecule has 1 aromatic rings. The molecular weight excluding hydrogens is 344 g/mol. The molecule has 6 atom stereocenters. The number of aromatic nitrogens is 1. The van der Waals surface area contributed by atoms with Crippen LogP contribution in [0.2, 0.25) is 0 Å². The van der Waals surface area contributed by atoms with E-state index in [4.69, 9.17) is 0 Å². The Morgan fingerprint density at radius 1 is 1.07 bits per heavy atom. The lowest BCUT2D eigenvalue weighted by atomic mass is 9.46. The van der Waals surface area contributed by atoms with E-state index in [0.29, 0.717) is 5.41 Å². The molecule has 0 spiro atoms. The first-order valence-corrected chi connectivity index (χ1v) is 11.1. The maximum absolute atomic E-state index is 11.1. The standard InChI is InChI=1S/C25H32N2O/c1-16-12-17(15-26-14-16)21-6-7-22-20-5-4-18-13-19(27-28)8-10-24(18,2)23(20)9-11-25(21,22)3/h6,12-15,19-20,22-23H,4-5,7-11H2,1-3H3. The SMILES string of the molecule is Cc1cncc(C2=CCC3C4CCC5=CC(N=O)CCC5(C)C4CCC23C)c1. The number of nitroso groups, excluding NO2 is 1. The van der Waals surface area contributed by atoms with Crippen molar-refractivity contribution >= 4 is 5.57 Å². The van der Waals surface area contributed by atoms with E-state index < -0.39 is 0 Å². The molecule has 0 aromatic carbocycles. The Labute approximate surface area is 168 Å². The summed E-state index contributed by atoms with van der Waals surface area (Å²) in [5.74, 6) is 2.32. The van der Waals surface area contributed by atoms with E-state index in [1.54, 1.807) is 11.1 Å². The van der Waals surface area contributed by atoms with Gasteiger partial charge in [0, 0.05) is 12.4 Å². The Morgan fingerprint density at radius 2 is 1.89 bits per heavy atom. The molecule has 0 aliphatic heterocycles. The third-order valence-corrected chi connectivity index (χ3v) is 8.99. The molecule has 3 heteroatoms. The van der Waals surface area contributed by atoms with Gasteiger partial charge >= 0.3 is 0 Å². The number of fused-ring (bicyclic) bond motifs is 5. The summed E-state index contributed by atoms with van der Waals surface area (Å²) in [6, 6.07) is 2.23. The average Bonchev–Trinajstić information content (AvgIpc) is 3.04. The summed E-state index contributed by atoms with van der Waals surface area (Å²) in [6.45, 7) is 7.16. The van der Waals surface area contributed by atoms with E-state index in [1.165, 1.54) is 36.8 Å². The van der Waals surface area contributed by atoms with Crippen LogP contribution in [0.1, 0.15) is 69.9 Å². The first-order valence-electron chi connectivity index (χ1n) is 11.1. The van der Waals surface area contributed by atoms with Crippen LogP contribution in [0.4, 0.5) is 0 Å². The van der Waals surface area contributed by atoms with E-state index in [0.717, 1.165) is 37.0 Å². The van der Waals surface area contributed by atoms with Crippen molar-refractivity contribution in [1.29, 1.82) is 0 Å². The van der Waals surface area contributed by atoms with Crippen LogP contribution in [0.3, 0.4) is 0 Å². The number of hydrogen-bond donors (Lipinski definition) is 0. The van der Waals surface area contributed by atoms with Gasteiger partial charge < -0.3 is 0 Å². The Bertz CT molecular complexity index is 871. The second-order valence-corrected chi connectivity index (χ2v) is 10.3. The van der Waals surface area contributed by atoms with Crippen molar-refractivity contribution in [2.24, 2.45) is 33.8 Å². The highest BCUT2D eigenvalue weighted by atomic mass is 16.3. The lowest BCUT2D eigenvalue weighted by molar-refractivity contribution is -0.0226. The molecule has 28 heavy (non-hydrogen) atoms. The number of hydrogen-bond acceptors (Lipinski definition) is 3. The van der Waals surface area contributed by atoms with Gasteiger partial charge in [0.1, 0.15) is 6.04 Å². The van der Waals surface area contributed by atoms with Gasteiger partial charge in [0.05, 0.1) is 0 Å². The molecule has 5 rings (SSSR count). The Hall–Kier alpha value is -1.77. The van der Waals surface area contributed by atoms with Gasteiger partial charge in [-0.25, -0.2) is 0 Å². The summed E-state index contributed by atoms with van der Waals surface area (Å²) in [6.07, 6.45) is 17.1. The molecule has 6 unspecified atom stereocenters. The molecule has 148 valence electrons. The van der Waals surface area contributed by atoms with E-state index >= 15 is 0 Å². The molecule has 2 fully saturated rings. The van der Waals surface area contributed by atoms with Gasteiger partial charge in [-0.3, -0.25) is 4.98 Å². The van der Waals surface area contributed by atoms with Crippen molar-refractivity contribution in [3.63, 3.8) is 0 Å². The highest BCUT2D eigenvalue weighted by molar-refractivity contribution is 5.72. The Kier molecular flexibility index (Phi) is 4.16. The summed E-state index contributed by atoms with van der Waals surface area (Å²) in [4.78, 5) is 15.6. The minimum absolute atomic E-state index is 0.0814. The van der Waals surface area contributed by atoms with Crippen molar-refractivity contribution in [2.75, 3.05) is 0 Å². The monoisotopic (exact) mass is 376 g/mol. The topological polar surface area (TPSA) is 42.3 Å². The Morgan fingerprint density at radius 3 is 2.68 bits per heavy atom. The quantitative estimate of drug-likeness (QED) is 0.438. The summed E-state index contributed by atoms with van der Waals surface area (Å²) < 4.78 is 0. The molecule has 0 radical (unpaired) electrons. The average molecular weight is 377 g/mol. The van der Waals surface area contributed by atoms with Gasteiger partial charge in [-0.2, -0.15) is 4.91 Å². The summed E-state index contributed by atoms with van der Waals surface area (Å²) >= 11 is 0. The zero-order valence-electron chi connectivity index (χ0n) is 17.4. The van der Waals surface area contributed by atoms with Crippen LogP contribution in [0.15, 0.2) is 41.4 Å². The molecule has 0 bridgehead atoms. The lowest BCUT2D eigenvalue weighted by Gasteiger charge is -2.58. The Balaban J connectivity index is 1.46. The largest absolute Gasteiger partial charge is 0.264 e. The summed E-state index contributed by atoms with van der Waals surface area (Å²) in [7, 11) is 0. The van der Waals surface area contributed by atoms with Crippen LogP contribution in [-0.2, 0) is 0 Å². The van der Waals surface area contributed by atoms with Crippen molar-refractivity contribution in [3.05, 3.63) is 52.2 Å². The van der Waals surface area contributed by atoms with E-state index in [-0.39, 0.29) is 11.5 Å². The zero-order valence-corrected chi connectivity index (χ0v) is 17.4. The van der Waals surface area contributed by atoms with Gasteiger partial charge in [0.2, 0.25) is 0 Å². The van der Waals surface area contributed by atoms with Gasteiger partial charge in [-0.1, -0.05) is 36.7 Å². The third-order valence-electron chi connectivity index (χ3n) is 8.99. The van der Waals surface area contributed by atoms with Gasteiger partial charge in [0.15, 0.2) is 0 Å². The lowest BCUT2D eigenvalue weighted by Crippen LogP contribution is -2.50. The second kappa shape index (κ2) is 6.37.